The van der Waals surface area contributed by atoms with E-state index in [1.807, 2.05) is 13.8 Å². The summed E-state index contributed by atoms with van der Waals surface area (Å²) < 4.78 is 56.6. The lowest BCUT2D eigenvalue weighted by molar-refractivity contribution is 0.0509. The molecule has 20 heavy (non-hydrogen) atoms. The van der Waals surface area contributed by atoms with E-state index in [-0.39, 0.29) is 11.5 Å². The first-order valence-electron chi connectivity index (χ1n) is 7.03. The number of hydrogen-bond acceptors (Lipinski definition) is 6. The average molecular weight is 330 g/mol. The second-order valence-electron chi connectivity index (χ2n) is 4.54. The molecule has 6 nitrogen and oxygen atoms in total. The highest BCUT2D eigenvalue weighted by atomic mass is 32.2. The van der Waals surface area contributed by atoms with E-state index in [0.29, 0.717) is 25.7 Å². The lowest BCUT2D eigenvalue weighted by Crippen LogP contribution is -2.36. The third-order valence-corrected chi connectivity index (χ3v) is 5.30. The molecule has 0 aliphatic carbocycles. The smallest absolute Gasteiger partial charge is 0.264 e. The molecule has 0 saturated heterocycles. The first-order chi connectivity index (χ1) is 9.21. The molecule has 0 bridgehead atoms. The molecule has 0 rings (SSSR count). The SMILES string of the molecule is CCCC(OS(=O)(=O)CC)C(CCC)OS(=O)(=O)CC. The summed E-state index contributed by atoms with van der Waals surface area (Å²) in [6, 6.07) is 0. The molecular formula is C12H26O6S2. The summed E-state index contributed by atoms with van der Waals surface area (Å²) in [7, 11) is -7.28. The minimum absolute atomic E-state index is 0.146. The number of hydrogen-bond donors (Lipinski definition) is 0. The van der Waals surface area contributed by atoms with Gasteiger partial charge in [-0.3, -0.25) is 8.37 Å². The number of rotatable bonds is 11. The van der Waals surface area contributed by atoms with Crippen molar-refractivity contribution in [2.75, 3.05) is 11.5 Å². The van der Waals surface area contributed by atoms with Gasteiger partial charge in [0.25, 0.3) is 20.2 Å². The van der Waals surface area contributed by atoms with Gasteiger partial charge >= 0.3 is 0 Å². The van der Waals surface area contributed by atoms with Crippen molar-refractivity contribution in [1.82, 2.24) is 0 Å². The van der Waals surface area contributed by atoms with Crippen LogP contribution in [-0.2, 0) is 28.6 Å². The quantitative estimate of drug-likeness (QED) is 0.539. The summed E-state index contributed by atoms with van der Waals surface area (Å²) in [5.74, 6) is -0.292. The monoisotopic (exact) mass is 330 g/mol. The Morgan fingerprint density at radius 3 is 1.20 bits per heavy atom. The molecule has 2 unspecified atom stereocenters. The van der Waals surface area contributed by atoms with Crippen LogP contribution in [0.5, 0.6) is 0 Å². The molecule has 0 amide bonds. The van der Waals surface area contributed by atoms with Crippen LogP contribution in [0.25, 0.3) is 0 Å². The largest absolute Gasteiger partial charge is 0.267 e. The van der Waals surface area contributed by atoms with Crippen molar-refractivity contribution in [2.24, 2.45) is 0 Å². The van der Waals surface area contributed by atoms with E-state index >= 15 is 0 Å². The van der Waals surface area contributed by atoms with Crippen molar-refractivity contribution in [3.63, 3.8) is 0 Å². The Bertz CT molecular complexity index is 410. The van der Waals surface area contributed by atoms with Crippen LogP contribution < -0.4 is 0 Å². The maximum absolute atomic E-state index is 11.6. The lowest BCUT2D eigenvalue weighted by Gasteiger charge is -2.25. The Hall–Kier alpha value is -0.180. The maximum atomic E-state index is 11.6. The molecule has 0 fully saturated rings. The molecule has 0 aliphatic rings. The third kappa shape index (κ3) is 7.56. The Kier molecular flexibility index (Phi) is 8.88. The summed E-state index contributed by atoms with van der Waals surface area (Å²) in [4.78, 5) is 0. The molecule has 0 aromatic carbocycles. The topological polar surface area (TPSA) is 86.7 Å². The summed E-state index contributed by atoms with van der Waals surface area (Å²) in [6.45, 7) is 6.73. The van der Waals surface area contributed by atoms with E-state index in [1.54, 1.807) is 0 Å². The molecule has 2 atom stereocenters. The van der Waals surface area contributed by atoms with Crippen molar-refractivity contribution in [1.29, 1.82) is 0 Å². The molecule has 0 aliphatic heterocycles. The molecule has 122 valence electrons. The summed E-state index contributed by atoms with van der Waals surface area (Å²) in [5, 5.41) is 0. The van der Waals surface area contributed by atoms with Gasteiger partial charge in [0.2, 0.25) is 0 Å². The van der Waals surface area contributed by atoms with E-state index in [2.05, 4.69) is 0 Å². The highest BCUT2D eigenvalue weighted by Crippen LogP contribution is 2.20. The zero-order valence-electron chi connectivity index (χ0n) is 12.7. The Balaban J connectivity index is 5.13. The van der Waals surface area contributed by atoms with Gasteiger partial charge in [0.15, 0.2) is 0 Å². The summed E-state index contributed by atoms with van der Waals surface area (Å²) in [6.07, 6.45) is 0.711. The predicted octanol–water partition coefficient (Wildman–Crippen LogP) is 2.06. The molecule has 0 aromatic heterocycles. The van der Waals surface area contributed by atoms with Gasteiger partial charge in [0.1, 0.15) is 12.2 Å². The predicted molar refractivity (Wildman–Crippen MR) is 78.5 cm³/mol. The zero-order valence-corrected chi connectivity index (χ0v) is 14.3. The Labute approximate surface area is 123 Å². The molecule has 8 heteroatoms. The third-order valence-electron chi connectivity index (χ3n) is 2.81. The van der Waals surface area contributed by atoms with E-state index in [1.165, 1.54) is 13.8 Å². The molecule has 0 N–H and O–H groups in total. The van der Waals surface area contributed by atoms with Gasteiger partial charge < -0.3 is 0 Å². The molecule has 0 heterocycles. The molecule has 0 radical (unpaired) electrons. The van der Waals surface area contributed by atoms with Crippen LogP contribution in [0.2, 0.25) is 0 Å². The molecule has 0 aromatic rings. The second kappa shape index (κ2) is 8.96. The van der Waals surface area contributed by atoms with Crippen LogP contribution in [-0.4, -0.2) is 40.5 Å². The minimum Gasteiger partial charge on any atom is -0.264 e. The van der Waals surface area contributed by atoms with Crippen LogP contribution in [0, 0.1) is 0 Å². The van der Waals surface area contributed by atoms with Gasteiger partial charge in [-0.1, -0.05) is 26.7 Å². The van der Waals surface area contributed by atoms with Gasteiger partial charge in [-0.2, -0.15) is 16.8 Å². The summed E-state index contributed by atoms with van der Waals surface area (Å²) in [5.41, 5.74) is 0. The van der Waals surface area contributed by atoms with E-state index < -0.39 is 32.4 Å². The fourth-order valence-electron chi connectivity index (χ4n) is 1.67. The molecular weight excluding hydrogens is 304 g/mol. The van der Waals surface area contributed by atoms with Gasteiger partial charge in [-0.25, -0.2) is 0 Å². The Morgan fingerprint density at radius 1 is 0.700 bits per heavy atom. The fraction of sp³-hybridized carbons (Fsp3) is 1.00. The van der Waals surface area contributed by atoms with Gasteiger partial charge in [-0.15, -0.1) is 0 Å². The van der Waals surface area contributed by atoms with E-state index in [9.17, 15) is 16.8 Å². The van der Waals surface area contributed by atoms with Crippen LogP contribution in [0.3, 0.4) is 0 Å². The maximum Gasteiger partial charge on any atom is 0.267 e. The second-order valence-corrected chi connectivity index (χ2v) is 8.31. The van der Waals surface area contributed by atoms with Crippen molar-refractivity contribution >= 4 is 20.2 Å². The highest BCUT2D eigenvalue weighted by molar-refractivity contribution is 7.87. The van der Waals surface area contributed by atoms with E-state index in [0.717, 1.165) is 0 Å². The van der Waals surface area contributed by atoms with Crippen LogP contribution in [0.4, 0.5) is 0 Å². The first-order valence-corrected chi connectivity index (χ1v) is 10.2. The lowest BCUT2D eigenvalue weighted by atomic mass is 10.1. The van der Waals surface area contributed by atoms with Gasteiger partial charge in [-0.05, 0) is 26.7 Å². The van der Waals surface area contributed by atoms with Crippen LogP contribution >= 0.6 is 0 Å². The highest BCUT2D eigenvalue weighted by Gasteiger charge is 2.30. The minimum atomic E-state index is -3.64. The van der Waals surface area contributed by atoms with Gasteiger partial charge in [0, 0.05) is 0 Å². The standard InChI is InChI=1S/C12H26O6S2/c1-5-9-11(17-19(13,14)7-3)12(10-6-2)18-20(15,16)8-4/h11-12H,5-10H2,1-4H3. The Morgan fingerprint density at radius 2 is 1.00 bits per heavy atom. The molecule has 0 spiro atoms. The van der Waals surface area contributed by atoms with Gasteiger partial charge in [0.05, 0.1) is 11.5 Å². The van der Waals surface area contributed by atoms with Crippen LogP contribution in [0.1, 0.15) is 53.4 Å². The van der Waals surface area contributed by atoms with E-state index in [4.69, 9.17) is 8.37 Å². The fourth-order valence-corrected chi connectivity index (χ4v) is 3.14. The van der Waals surface area contributed by atoms with Crippen molar-refractivity contribution in [3.8, 4) is 0 Å². The summed E-state index contributed by atoms with van der Waals surface area (Å²) >= 11 is 0. The normalized spacial score (nSPS) is 16.0. The zero-order chi connectivity index (χ0) is 15.8. The molecule has 0 saturated carbocycles. The average Bonchev–Trinajstić information content (AvgIpc) is 2.37. The van der Waals surface area contributed by atoms with Crippen molar-refractivity contribution < 1.29 is 25.2 Å². The van der Waals surface area contributed by atoms with Crippen molar-refractivity contribution in [2.45, 2.75) is 65.6 Å². The van der Waals surface area contributed by atoms with Crippen molar-refractivity contribution in [3.05, 3.63) is 0 Å². The van der Waals surface area contributed by atoms with Crippen LogP contribution in [0.15, 0.2) is 0 Å². The first kappa shape index (κ1) is 19.8.